The molecule has 6 nitrogen and oxygen atoms in total. The van der Waals surface area contributed by atoms with Crippen molar-refractivity contribution in [3.63, 3.8) is 0 Å². The van der Waals surface area contributed by atoms with Gasteiger partial charge in [-0.1, -0.05) is 18.2 Å². The lowest BCUT2D eigenvalue weighted by Gasteiger charge is -2.28. The highest BCUT2D eigenvalue weighted by molar-refractivity contribution is 7.52. The number of benzene rings is 1. The van der Waals surface area contributed by atoms with Gasteiger partial charge in [-0.2, -0.15) is 5.09 Å². The molecule has 0 saturated heterocycles. The highest BCUT2D eigenvalue weighted by atomic mass is 31.2. The maximum Gasteiger partial charge on any atom is 0.459 e. The molecule has 0 fully saturated rings. The number of ether oxygens (including phenoxy) is 1. The van der Waals surface area contributed by atoms with Gasteiger partial charge in [-0.3, -0.25) is 9.32 Å². The summed E-state index contributed by atoms with van der Waals surface area (Å²) in [5.74, 6) is -0.154. The zero-order valence-corrected chi connectivity index (χ0v) is 13.0. The Labute approximate surface area is 119 Å². The first-order valence-corrected chi connectivity index (χ1v) is 7.74. The van der Waals surface area contributed by atoms with Crippen LogP contribution in [-0.4, -0.2) is 25.2 Å². The van der Waals surface area contributed by atoms with Crippen molar-refractivity contribution in [2.75, 3.05) is 13.7 Å². The quantitative estimate of drug-likeness (QED) is 0.616. The topological polar surface area (TPSA) is 73.9 Å². The van der Waals surface area contributed by atoms with Gasteiger partial charge in [0.2, 0.25) is 0 Å². The highest BCUT2D eigenvalue weighted by Gasteiger charge is 2.39. The first-order chi connectivity index (χ1) is 9.33. The van der Waals surface area contributed by atoms with E-state index < -0.39 is 19.3 Å². The molecule has 0 aliphatic carbocycles. The molecule has 1 aromatic rings. The molecule has 112 valence electrons. The van der Waals surface area contributed by atoms with Gasteiger partial charge >= 0.3 is 13.7 Å². The zero-order valence-electron chi connectivity index (χ0n) is 12.1. The highest BCUT2D eigenvalue weighted by Crippen LogP contribution is 2.45. The van der Waals surface area contributed by atoms with E-state index in [2.05, 4.69) is 5.09 Å². The van der Waals surface area contributed by atoms with Crippen LogP contribution in [0.5, 0.6) is 5.75 Å². The molecular weight excluding hydrogens is 281 g/mol. The van der Waals surface area contributed by atoms with E-state index in [0.717, 1.165) is 0 Å². The van der Waals surface area contributed by atoms with E-state index in [-0.39, 0.29) is 6.61 Å². The fourth-order valence-electron chi connectivity index (χ4n) is 1.43. The van der Waals surface area contributed by atoms with Crippen molar-refractivity contribution in [3.05, 3.63) is 30.3 Å². The van der Waals surface area contributed by atoms with E-state index >= 15 is 0 Å². The second-order valence-corrected chi connectivity index (χ2v) is 6.31. The summed E-state index contributed by atoms with van der Waals surface area (Å²) in [5.41, 5.74) is -1.20. The van der Waals surface area contributed by atoms with Crippen LogP contribution in [0.1, 0.15) is 20.8 Å². The molecule has 7 heteroatoms. The summed E-state index contributed by atoms with van der Waals surface area (Å²) in [7, 11) is -2.42. The summed E-state index contributed by atoms with van der Waals surface area (Å²) in [4.78, 5) is 11.8. The van der Waals surface area contributed by atoms with Crippen LogP contribution < -0.4 is 9.61 Å². The molecule has 0 aromatic heterocycles. The van der Waals surface area contributed by atoms with Crippen LogP contribution >= 0.6 is 7.75 Å². The Morgan fingerprint density at radius 3 is 2.40 bits per heavy atom. The molecular formula is C13H20NO5P. The lowest BCUT2D eigenvalue weighted by molar-refractivity contribution is -0.149. The summed E-state index contributed by atoms with van der Waals surface area (Å²) in [6.07, 6.45) is 0. The van der Waals surface area contributed by atoms with Crippen LogP contribution in [0.4, 0.5) is 0 Å². The minimum atomic E-state index is -3.67. The molecule has 0 radical (unpaired) electrons. The van der Waals surface area contributed by atoms with Crippen molar-refractivity contribution in [2.45, 2.75) is 26.3 Å². The van der Waals surface area contributed by atoms with Crippen molar-refractivity contribution < 1.29 is 23.1 Å². The van der Waals surface area contributed by atoms with Gasteiger partial charge in [0.05, 0.1) is 6.61 Å². The molecule has 0 aliphatic heterocycles. The van der Waals surface area contributed by atoms with Crippen molar-refractivity contribution in [3.8, 4) is 5.75 Å². The lowest BCUT2D eigenvalue weighted by atomic mass is 10.1. The van der Waals surface area contributed by atoms with Gasteiger partial charge in [0.15, 0.2) is 0 Å². The van der Waals surface area contributed by atoms with Crippen LogP contribution in [0.15, 0.2) is 30.3 Å². The van der Waals surface area contributed by atoms with Crippen molar-refractivity contribution in [2.24, 2.45) is 0 Å². The van der Waals surface area contributed by atoms with Gasteiger partial charge in [-0.15, -0.1) is 0 Å². The van der Waals surface area contributed by atoms with E-state index in [1.807, 2.05) is 0 Å². The Hall–Kier alpha value is -1.36. The van der Waals surface area contributed by atoms with Crippen LogP contribution in [0.2, 0.25) is 0 Å². The molecule has 1 N–H and O–H groups in total. The minimum absolute atomic E-state index is 0.237. The molecule has 20 heavy (non-hydrogen) atoms. The fraction of sp³-hybridized carbons (Fsp3) is 0.462. The second kappa shape index (κ2) is 6.88. The number of nitrogens with one attached hydrogen (secondary N) is 1. The summed E-state index contributed by atoms with van der Waals surface area (Å²) < 4.78 is 27.7. The average Bonchev–Trinajstić information content (AvgIpc) is 2.39. The molecule has 0 unspecified atom stereocenters. The summed E-state index contributed by atoms with van der Waals surface area (Å²) in [6.45, 7) is 5.03. The smallest absolute Gasteiger partial charge is 0.459 e. The van der Waals surface area contributed by atoms with Gasteiger partial charge in [0.25, 0.3) is 0 Å². The second-order valence-electron chi connectivity index (χ2n) is 4.54. The number of hydrogen-bond donors (Lipinski definition) is 1. The van der Waals surface area contributed by atoms with E-state index in [9.17, 15) is 9.36 Å². The largest absolute Gasteiger partial charge is 0.465 e. The normalized spacial score (nSPS) is 14.4. The van der Waals surface area contributed by atoms with Crippen LogP contribution in [0, 0.1) is 0 Å². The van der Waals surface area contributed by atoms with E-state index in [1.165, 1.54) is 7.11 Å². The van der Waals surface area contributed by atoms with Gasteiger partial charge in [-0.25, -0.2) is 4.57 Å². The first kappa shape index (κ1) is 16.7. The summed E-state index contributed by atoms with van der Waals surface area (Å²) in [6, 6.07) is 8.58. The summed E-state index contributed by atoms with van der Waals surface area (Å²) >= 11 is 0. The van der Waals surface area contributed by atoms with E-state index in [4.69, 9.17) is 13.8 Å². The van der Waals surface area contributed by atoms with Crippen LogP contribution in [0.3, 0.4) is 0 Å². The molecule has 1 rings (SSSR count). The Balaban J connectivity index is 2.84. The maximum atomic E-state index is 12.5. The van der Waals surface area contributed by atoms with Crippen LogP contribution in [0.25, 0.3) is 0 Å². The Morgan fingerprint density at radius 1 is 1.30 bits per heavy atom. The Morgan fingerprint density at radius 2 is 1.90 bits per heavy atom. The Kier molecular flexibility index (Phi) is 5.74. The standard InChI is InChI=1S/C13H20NO5P/c1-5-18-12(15)13(2,3)14-20(16,17-4)19-11-9-7-6-8-10-11/h6-10H,5H2,1-4H3,(H,14,16)/t20-/m1/s1. The SMILES string of the molecule is CCOC(=O)C(C)(C)N[P@@](=O)(OC)Oc1ccccc1. The monoisotopic (exact) mass is 301 g/mol. The number of hydrogen-bond acceptors (Lipinski definition) is 5. The Bertz CT molecular complexity index is 489. The third-order valence-electron chi connectivity index (χ3n) is 2.41. The van der Waals surface area contributed by atoms with Gasteiger partial charge < -0.3 is 9.26 Å². The molecule has 0 amide bonds. The molecule has 0 aliphatic rings. The molecule has 1 atom stereocenters. The zero-order chi connectivity index (χ0) is 15.2. The molecule has 0 bridgehead atoms. The predicted octanol–water partition coefficient (Wildman–Crippen LogP) is 2.75. The molecule has 0 spiro atoms. The third-order valence-corrected chi connectivity index (χ3v) is 4.18. The fourth-order valence-corrected chi connectivity index (χ4v) is 2.81. The van der Waals surface area contributed by atoms with Gasteiger partial charge in [0.1, 0.15) is 11.3 Å². The average molecular weight is 301 g/mol. The lowest BCUT2D eigenvalue weighted by Crippen LogP contribution is -2.46. The maximum absolute atomic E-state index is 12.5. The number of para-hydroxylation sites is 1. The predicted molar refractivity (Wildman–Crippen MR) is 75.5 cm³/mol. The van der Waals surface area contributed by atoms with Crippen molar-refractivity contribution >= 4 is 13.7 Å². The van der Waals surface area contributed by atoms with E-state index in [1.54, 1.807) is 51.1 Å². The van der Waals surface area contributed by atoms with Crippen LogP contribution in [-0.2, 0) is 18.6 Å². The number of carbonyl (C=O) groups excluding carboxylic acids is 1. The van der Waals surface area contributed by atoms with Gasteiger partial charge in [0, 0.05) is 7.11 Å². The molecule has 0 heterocycles. The molecule has 1 aromatic carbocycles. The first-order valence-electron chi connectivity index (χ1n) is 6.20. The minimum Gasteiger partial charge on any atom is -0.465 e. The third kappa shape index (κ3) is 4.63. The number of carbonyl (C=O) groups is 1. The van der Waals surface area contributed by atoms with E-state index in [0.29, 0.717) is 5.75 Å². The summed E-state index contributed by atoms with van der Waals surface area (Å²) in [5, 5.41) is 2.59. The number of esters is 1. The van der Waals surface area contributed by atoms with Gasteiger partial charge in [-0.05, 0) is 32.9 Å². The molecule has 0 saturated carbocycles. The number of rotatable bonds is 7. The van der Waals surface area contributed by atoms with Crippen molar-refractivity contribution in [1.82, 2.24) is 5.09 Å². The van der Waals surface area contributed by atoms with Crippen molar-refractivity contribution in [1.29, 1.82) is 0 Å².